The number of epoxide rings is 1. The zero-order valence-corrected chi connectivity index (χ0v) is 16.8. The minimum absolute atomic E-state index is 0.173. The smallest absolute Gasteiger partial charge is 0.104 e. The normalized spacial score (nSPS) is 36.3. The monoisotopic (exact) mass is 362 g/mol. The van der Waals surface area contributed by atoms with Crippen LogP contribution < -0.4 is 0 Å². The molecule has 0 spiro atoms. The van der Waals surface area contributed by atoms with Gasteiger partial charge in [-0.05, 0) is 42.3 Å². The third kappa shape index (κ3) is 7.13. The first-order valence-electron chi connectivity index (χ1n) is 9.35. The Morgan fingerprint density at radius 2 is 1.78 bits per heavy atom. The highest BCUT2D eigenvalue weighted by molar-refractivity contribution is 7.99. The van der Waals surface area contributed by atoms with Crippen LogP contribution in [0.5, 0.6) is 0 Å². The minimum atomic E-state index is 0.173. The van der Waals surface area contributed by atoms with Crippen LogP contribution >= 0.6 is 23.4 Å². The van der Waals surface area contributed by atoms with Crippen molar-refractivity contribution in [1.29, 1.82) is 0 Å². The molecule has 0 aromatic rings. The lowest BCUT2D eigenvalue weighted by Gasteiger charge is -2.37. The van der Waals surface area contributed by atoms with Gasteiger partial charge in [0.1, 0.15) is 6.10 Å². The number of thioether (sulfide) groups is 1. The predicted molar refractivity (Wildman–Crippen MR) is 102 cm³/mol. The molecule has 2 nitrogen and oxygen atoms in total. The molecule has 4 heteroatoms. The van der Waals surface area contributed by atoms with Crippen molar-refractivity contribution in [3.63, 3.8) is 0 Å². The lowest BCUT2D eigenvalue weighted by atomic mass is 9.70. The summed E-state index contributed by atoms with van der Waals surface area (Å²) in [5.41, 5.74) is 1.09. The van der Waals surface area contributed by atoms with Crippen molar-refractivity contribution in [3.8, 4) is 0 Å². The Hall–Kier alpha value is 0.560. The van der Waals surface area contributed by atoms with E-state index in [4.69, 9.17) is 21.1 Å². The summed E-state index contributed by atoms with van der Waals surface area (Å²) in [6.07, 6.45) is 10.2. The van der Waals surface area contributed by atoms with Crippen LogP contribution in [0.2, 0.25) is 0 Å². The molecule has 1 saturated heterocycles. The Bertz CT molecular complexity index is 336. The highest BCUT2D eigenvalue weighted by Crippen LogP contribution is 2.43. The van der Waals surface area contributed by atoms with Crippen molar-refractivity contribution in [3.05, 3.63) is 0 Å². The molecule has 1 heterocycles. The quantitative estimate of drug-likeness (QED) is 0.398. The third-order valence-electron chi connectivity index (χ3n) is 5.82. The van der Waals surface area contributed by atoms with Gasteiger partial charge in [0.25, 0.3) is 0 Å². The first kappa shape index (κ1) is 19.9. The SMILES string of the molecule is CCC1(C)CCCC(C)(CSCC(CCl)OCC2CO2)CCC1. The molecule has 0 bridgehead atoms. The van der Waals surface area contributed by atoms with Crippen LogP contribution in [0.15, 0.2) is 0 Å². The van der Waals surface area contributed by atoms with E-state index in [-0.39, 0.29) is 6.10 Å². The molecule has 136 valence electrons. The van der Waals surface area contributed by atoms with E-state index in [9.17, 15) is 0 Å². The van der Waals surface area contributed by atoms with Gasteiger partial charge in [0, 0.05) is 11.6 Å². The van der Waals surface area contributed by atoms with E-state index in [0.29, 0.717) is 29.4 Å². The fourth-order valence-corrected chi connectivity index (χ4v) is 5.32. The molecular formula is C19H35ClO2S. The minimum Gasteiger partial charge on any atom is -0.373 e. The van der Waals surface area contributed by atoms with Crippen LogP contribution in [0.4, 0.5) is 0 Å². The molecule has 0 radical (unpaired) electrons. The highest BCUT2D eigenvalue weighted by Gasteiger charge is 2.31. The Morgan fingerprint density at radius 3 is 2.30 bits per heavy atom. The standard InChI is InChI=1S/C19H35ClO2S/c1-4-18(2)7-5-9-19(3,10-6-8-18)15-23-14-16(11-20)21-12-17-13-22-17/h16-17H,4-15H2,1-3H3. The molecule has 0 aromatic heterocycles. The summed E-state index contributed by atoms with van der Waals surface area (Å²) in [5.74, 6) is 2.84. The zero-order valence-electron chi connectivity index (χ0n) is 15.2. The Labute approximate surface area is 152 Å². The van der Waals surface area contributed by atoms with E-state index in [2.05, 4.69) is 20.8 Å². The number of ether oxygens (including phenoxy) is 2. The van der Waals surface area contributed by atoms with Gasteiger partial charge < -0.3 is 9.47 Å². The maximum Gasteiger partial charge on any atom is 0.104 e. The van der Waals surface area contributed by atoms with E-state index in [1.807, 2.05) is 11.8 Å². The van der Waals surface area contributed by atoms with Crippen molar-refractivity contribution in [2.24, 2.45) is 10.8 Å². The number of halogens is 1. The van der Waals surface area contributed by atoms with Crippen molar-refractivity contribution in [2.75, 3.05) is 30.6 Å². The van der Waals surface area contributed by atoms with Crippen LogP contribution in [0, 0.1) is 10.8 Å². The molecule has 2 fully saturated rings. The van der Waals surface area contributed by atoms with E-state index in [0.717, 1.165) is 12.4 Å². The molecule has 2 unspecified atom stereocenters. The Balaban J connectivity index is 1.68. The molecule has 0 aromatic carbocycles. The molecule has 0 amide bonds. The first-order valence-corrected chi connectivity index (χ1v) is 11.0. The summed E-state index contributed by atoms with van der Waals surface area (Å²) in [5, 5.41) is 0. The molecule has 2 aliphatic rings. The van der Waals surface area contributed by atoms with E-state index < -0.39 is 0 Å². The lowest BCUT2D eigenvalue weighted by molar-refractivity contribution is 0.0710. The number of alkyl halides is 1. The second kappa shape index (κ2) is 9.31. The molecular weight excluding hydrogens is 328 g/mol. The fourth-order valence-electron chi connectivity index (χ4n) is 3.61. The second-order valence-corrected chi connectivity index (χ2v) is 9.60. The van der Waals surface area contributed by atoms with Crippen LogP contribution in [0.25, 0.3) is 0 Å². The number of rotatable bonds is 9. The van der Waals surface area contributed by atoms with E-state index in [1.54, 1.807) is 0 Å². The second-order valence-electron chi connectivity index (χ2n) is 8.26. The summed E-state index contributed by atoms with van der Waals surface area (Å²) in [6, 6.07) is 0. The molecule has 2 rings (SSSR count). The summed E-state index contributed by atoms with van der Waals surface area (Å²) < 4.78 is 11.0. The number of hydrogen-bond acceptors (Lipinski definition) is 3. The van der Waals surface area contributed by atoms with Crippen molar-refractivity contribution in [1.82, 2.24) is 0 Å². The average Bonchev–Trinajstić information content (AvgIpc) is 3.33. The van der Waals surface area contributed by atoms with Gasteiger partial charge in [0.2, 0.25) is 0 Å². The van der Waals surface area contributed by atoms with Crippen LogP contribution in [0.1, 0.15) is 65.7 Å². The summed E-state index contributed by atoms with van der Waals surface area (Å²) in [7, 11) is 0. The van der Waals surface area contributed by atoms with Crippen molar-refractivity contribution in [2.45, 2.75) is 77.9 Å². The van der Waals surface area contributed by atoms with E-state index >= 15 is 0 Å². The van der Waals surface area contributed by atoms with Gasteiger partial charge in [-0.15, -0.1) is 11.6 Å². The maximum atomic E-state index is 6.04. The highest BCUT2D eigenvalue weighted by atomic mass is 35.5. The molecule has 2 atom stereocenters. The van der Waals surface area contributed by atoms with Crippen molar-refractivity contribution < 1.29 is 9.47 Å². The van der Waals surface area contributed by atoms with Gasteiger partial charge in [-0.1, -0.05) is 40.0 Å². The molecule has 1 aliphatic heterocycles. The largest absolute Gasteiger partial charge is 0.373 e. The van der Waals surface area contributed by atoms with Gasteiger partial charge in [0.15, 0.2) is 0 Å². The van der Waals surface area contributed by atoms with Crippen LogP contribution in [-0.2, 0) is 9.47 Å². The molecule has 0 N–H and O–H groups in total. The predicted octanol–water partition coefficient (Wildman–Crippen LogP) is 5.52. The summed E-state index contributed by atoms with van der Waals surface area (Å²) in [4.78, 5) is 0. The average molecular weight is 363 g/mol. The van der Waals surface area contributed by atoms with Gasteiger partial charge in [-0.2, -0.15) is 11.8 Å². The third-order valence-corrected chi connectivity index (χ3v) is 7.67. The molecule has 1 aliphatic carbocycles. The van der Waals surface area contributed by atoms with Gasteiger partial charge >= 0.3 is 0 Å². The fraction of sp³-hybridized carbons (Fsp3) is 1.00. The number of hydrogen-bond donors (Lipinski definition) is 0. The van der Waals surface area contributed by atoms with Crippen LogP contribution in [-0.4, -0.2) is 42.8 Å². The van der Waals surface area contributed by atoms with Crippen LogP contribution in [0.3, 0.4) is 0 Å². The topological polar surface area (TPSA) is 21.8 Å². The first-order chi connectivity index (χ1) is 11.0. The van der Waals surface area contributed by atoms with Gasteiger partial charge in [0.05, 0.1) is 19.3 Å². The summed E-state index contributed by atoms with van der Waals surface area (Å²) >= 11 is 8.08. The van der Waals surface area contributed by atoms with Crippen molar-refractivity contribution >= 4 is 23.4 Å². The summed E-state index contributed by atoms with van der Waals surface area (Å²) in [6.45, 7) is 8.90. The Kier molecular flexibility index (Phi) is 8.05. The van der Waals surface area contributed by atoms with Gasteiger partial charge in [-0.3, -0.25) is 0 Å². The Morgan fingerprint density at radius 1 is 1.17 bits per heavy atom. The maximum absolute atomic E-state index is 6.04. The zero-order chi connectivity index (χ0) is 16.8. The molecule has 23 heavy (non-hydrogen) atoms. The molecule has 1 saturated carbocycles. The van der Waals surface area contributed by atoms with E-state index in [1.165, 1.54) is 50.7 Å². The van der Waals surface area contributed by atoms with Gasteiger partial charge in [-0.25, -0.2) is 0 Å². The lowest BCUT2D eigenvalue weighted by Crippen LogP contribution is -2.27.